The lowest BCUT2D eigenvalue weighted by Gasteiger charge is -2.17. The number of allylic oxidation sites excluding steroid dienone is 3. The highest BCUT2D eigenvalue weighted by atomic mass is 35.5. The molecule has 3 rings (SSSR count). The number of benzene rings is 1. The lowest BCUT2D eigenvalue weighted by Crippen LogP contribution is -2.14. The molecule has 2 nitrogen and oxygen atoms in total. The zero-order chi connectivity index (χ0) is 14.7. The number of aromatic nitrogens is 1. The highest BCUT2D eigenvalue weighted by Gasteiger charge is 2.20. The minimum Gasteiger partial charge on any atom is -0.289 e. The topological polar surface area (TPSA) is 30.0 Å². The summed E-state index contributed by atoms with van der Waals surface area (Å²) in [6, 6.07) is 10.0. The number of Topliss-reactive ketones (excluding diaryl/α,β-unsaturated/α-hetero) is 1. The van der Waals surface area contributed by atoms with Crippen LogP contribution in [0.2, 0.25) is 0 Å². The van der Waals surface area contributed by atoms with Crippen molar-refractivity contribution in [3.8, 4) is 0 Å². The Morgan fingerprint density at radius 3 is 2.64 bits per heavy atom. The van der Waals surface area contributed by atoms with Gasteiger partial charge in [0.05, 0.1) is 0 Å². The summed E-state index contributed by atoms with van der Waals surface area (Å²) in [5.74, 6) is 0.166. The van der Waals surface area contributed by atoms with Crippen LogP contribution in [0.4, 0.5) is 0 Å². The van der Waals surface area contributed by atoms with Crippen LogP contribution in [0.1, 0.15) is 33.5 Å². The molecule has 1 aliphatic carbocycles. The number of pyridine rings is 1. The number of carbonyl (C=O) groups is 1. The second-order valence-corrected chi connectivity index (χ2v) is 5.32. The molecule has 3 heteroatoms. The number of hydrogen-bond donors (Lipinski definition) is 0. The summed E-state index contributed by atoms with van der Waals surface area (Å²) >= 11 is 0. The maximum absolute atomic E-state index is 12.5. The molecule has 1 aliphatic rings. The molecule has 1 aromatic carbocycles. The van der Waals surface area contributed by atoms with Gasteiger partial charge in [-0.3, -0.25) is 9.78 Å². The van der Waals surface area contributed by atoms with Gasteiger partial charge in [-0.2, -0.15) is 0 Å². The molecule has 0 aliphatic heterocycles. The van der Waals surface area contributed by atoms with Gasteiger partial charge >= 0.3 is 0 Å². The number of hydrogen-bond acceptors (Lipinski definition) is 2. The lowest BCUT2D eigenvalue weighted by molar-refractivity contribution is 0.102. The molecule has 0 fully saturated rings. The summed E-state index contributed by atoms with van der Waals surface area (Å²) in [5, 5.41) is 0. The molecule has 1 heterocycles. The summed E-state index contributed by atoms with van der Waals surface area (Å²) in [6.45, 7) is 2.02. The summed E-state index contributed by atoms with van der Waals surface area (Å²) in [6.07, 6.45) is 11.2. The number of carbonyl (C=O) groups excluding carboxylic acids is 1. The lowest BCUT2D eigenvalue weighted by atomic mass is 9.86. The van der Waals surface area contributed by atoms with Crippen molar-refractivity contribution in [3.05, 3.63) is 82.7 Å². The first kappa shape index (κ1) is 16.2. The molecule has 1 aromatic heterocycles. The van der Waals surface area contributed by atoms with Gasteiger partial charge in [0.25, 0.3) is 0 Å². The Labute approximate surface area is 137 Å². The monoisotopic (exact) mass is 311 g/mol. The maximum Gasteiger partial charge on any atom is 0.189 e. The van der Waals surface area contributed by atoms with Crippen LogP contribution in [0.25, 0.3) is 6.08 Å². The Balaban J connectivity index is 0.00000176. The van der Waals surface area contributed by atoms with Crippen molar-refractivity contribution in [2.75, 3.05) is 0 Å². The normalized spacial score (nSPS) is 15.7. The number of halogens is 1. The fourth-order valence-electron chi connectivity index (χ4n) is 2.58. The largest absolute Gasteiger partial charge is 0.289 e. The minimum atomic E-state index is 0. The van der Waals surface area contributed by atoms with E-state index in [2.05, 4.69) is 17.1 Å². The van der Waals surface area contributed by atoms with Crippen LogP contribution in [0, 0.1) is 6.92 Å². The molecule has 0 amide bonds. The summed E-state index contributed by atoms with van der Waals surface area (Å²) < 4.78 is 0. The first-order valence-electron chi connectivity index (χ1n) is 7.15. The predicted octanol–water partition coefficient (Wildman–Crippen LogP) is 4.58. The van der Waals surface area contributed by atoms with Crippen LogP contribution in [0.3, 0.4) is 0 Å². The van der Waals surface area contributed by atoms with Gasteiger partial charge in [0, 0.05) is 23.5 Å². The van der Waals surface area contributed by atoms with Crippen molar-refractivity contribution in [2.45, 2.75) is 19.8 Å². The van der Waals surface area contributed by atoms with Crippen LogP contribution in [-0.2, 0) is 6.42 Å². The third kappa shape index (κ3) is 3.52. The van der Waals surface area contributed by atoms with E-state index in [1.165, 1.54) is 5.56 Å². The minimum absolute atomic E-state index is 0. The Bertz CT molecular complexity index is 732. The molecular formula is C19H18ClNO. The third-order valence-electron chi connectivity index (χ3n) is 3.76. The van der Waals surface area contributed by atoms with Crippen LogP contribution in [0.5, 0.6) is 0 Å². The molecule has 2 aromatic rings. The van der Waals surface area contributed by atoms with Crippen molar-refractivity contribution in [3.63, 3.8) is 0 Å². The van der Waals surface area contributed by atoms with Crippen molar-refractivity contribution in [1.82, 2.24) is 4.98 Å². The van der Waals surface area contributed by atoms with Gasteiger partial charge in [0.1, 0.15) is 0 Å². The van der Waals surface area contributed by atoms with Crippen molar-refractivity contribution < 1.29 is 4.79 Å². The Kier molecular flexibility index (Phi) is 5.29. The van der Waals surface area contributed by atoms with E-state index in [-0.39, 0.29) is 18.2 Å². The van der Waals surface area contributed by atoms with E-state index in [0.717, 1.165) is 35.1 Å². The number of ketones is 1. The molecule has 22 heavy (non-hydrogen) atoms. The van der Waals surface area contributed by atoms with E-state index in [9.17, 15) is 4.79 Å². The van der Waals surface area contributed by atoms with Crippen LogP contribution >= 0.6 is 12.4 Å². The molecular weight excluding hydrogens is 294 g/mol. The Morgan fingerprint density at radius 1 is 1.09 bits per heavy atom. The van der Waals surface area contributed by atoms with Gasteiger partial charge in [0.15, 0.2) is 5.78 Å². The van der Waals surface area contributed by atoms with Crippen molar-refractivity contribution in [1.29, 1.82) is 0 Å². The van der Waals surface area contributed by atoms with Gasteiger partial charge in [-0.25, -0.2) is 0 Å². The number of nitrogens with zero attached hydrogens (tertiary/aromatic N) is 1. The molecule has 0 N–H and O–H groups in total. The highest BCUT2D eigenvalue weighted by molar-refractivity contribution is 6.11. The molecule has 0 atom stereocenters. The maximum atomic E-state index is 12.5. The quantitative estimate of drug-likeness (QED) is 0.760. The highest BCUT2D eigenvalue weighted by Crippen LogP contribution is 2.26. The average Bonchev–Trinajstić information content (AvgIpc) is 2.51. The van der Waals surface area contributed by atoms with Crippen molar-refractivity contribution in [2.24, 2.45) is 0 Å². The molecule has 0 radical (unpaired) electrons. The first-order chi connectivity index (χ1) is 10.2. The van der Waals surface area contributed by atoms with E-state index >= 15 is 0 Å². The van der Waals surface area contributed by atoms with E-state index < -0.39 is 0 Å². The van der Waals surface area contributed by atoms with Crippen LogP contribution in [-0.4, -0.2) is 10.8 Å². The standard InChI is InChI=1S/C19H17NO.ClH/c1-14-5-6-16-7-8-17(19(21)18(16)13-14)4-2-3-15-9-11-20-12-10-15;/h2-6,9-13H,7-8H2,1H3;1H/b3-2+,17-4-;. The zero-order valence-electron chi connectivity index (χ0n) is 12.5. The van der Waals surface area contributed by atoms with E-state index in [1.54, 1.807) is 12.4 Å². The Morgan fingerprint density at radius 2 is 1.86 bits per heavy atom. The fourth-order valence-corrected chi connectivity index (χ4v) is 2.58. The second-order valence-electron chi connectivity index (χ2n) is 5.32. The van der Waals surface area contributed by atoms with Gasteiger partial charge in [0.2, 0.25) is 0 Å². The first-order valence-corrected chi connectivity index (χ1v) is 7.15. The van der Waals surface area contributed by atoms with Gasteiger partial charge in [-0.15, -0.1) is 12.4 Å². The number of fused-ring (bicyclic) bond motifs is 1. The summed E-state index contributed by atoms with van der Waals surface area (Å²) in [4.78, 5) is 16.5. The average molecular weight is 312 g/mol. The van der Waals surface area contributed by atoms with Gasteiger partial charge in [-0.05, 0) is 49.1 Å². The number of aryl methyl sites for hydroxylation is 2. The van der Waals surface area contributed by atoms with Crippen molar-refractivity contribution >= 4 is 24.3 Å². The summed E-state index contributed by atoms with van der Waals surface area (Å²) in [5.41, 5.74) is 5.14. The fraction of sp³-hybridized carbons (Fsp3) is 0.158. The smallest absolute Gasteiger partial charge is 0.189 e. The second kappa shape index (κ2) is 7.19. The third-order valence-corrected chi connectivity index (χ3v) is 3.76. The van der Waals surface area contributed by atoms with Crippen LogP contribution in [0.15, 0.2) is 60.5 Å². The predicted molar refractivity (Wildman–Crippen MR) is 92.4 cm³/mol. The molecule has 0 saturated carbocycles. The van der Waals surface area contributed by atoms with Gasteiger partial charge < -0.3 is 0 Å². The molecule has 0 saturated heterocycles. The summed E-state index contributed by atoms with van der Waals surface area (Å²) in [7, 11) is 0. The van der Waals surface area contributed by atoms with E-state index in [4.69, 9.17) is 0 Å². The van der Waals surface area contributed by atoms with Crippen LogP contribution < -0.4 is 0 Å². The Hall–Kier alpha value is -2.19. The zero-order valence-corrected chi connectivity index (χ0v) is 13.3. The molecule has 0 unspecified atom stereocenters. The van der Waals surface area contributed by atoms with Gasteiger partial charge in [-0.1, -0.05) is 35.9 Å². The van der Waals surface area contributed by atoms with E-state index in [0.29, 0.717) is 0 Å². The number of rotatable bonds is 2. The molecule has 0 spiro atoms. The van der Waals surface area contributed by atoms with E-state index in [1.807, 2.05) is 43.4 Å². The molecule has 0 bridgehead atoms. The molecule has 112 valence electrons. The SMILES string of the molecule is Cc1ccc2c(c1)C(=O)/C(=C\C=C\c1ccncc1)CC2.Cl.